The third-order valence-electron chi connectivity index (χ3n) is 13.3. The van der Waals surface area contributed by atoms with Crippen molar-refractivity contribution in [1.29, 1.82) is 0 Å². The van der Waals surface area contributed by atoms with Crippen LogP contribution in [0.1, 0.15) is 174 Å². The van der Waals surface area contributed by atoms with E-state index in [1.165, 1.54) is 51.4 Å². The van der Waals surface area contributed by atoms with Crippen LogP contribution >= 0.6 is 12.2 Å². The molecule has 8 nitrogen and oxygen atoms in total. The van der Waals surface area contributed by atoms with Gasteiger partial charge in [-0.2, -0.15) is 0 Å². The number of aliphatic hydroxyl groups is 1. The Bertz CT molecular complexity index is 1260. The molecule has 348 valence electrons. The maximum Gasteiger partial charge on any atom is 0.305 e. The molecule has 1 aliphatic heterocycles. The lowest BCUT2D eigenvalue weighted by atomic mass is 9.96. The van der Waals surface area contributed by atoms with Crippen LogP contribution in [0.25, 0.3) is 0 Å². The van der Waals surface area contributed by atoms with Crippen molar-refractivity contribution in [3.63, 3.8) is 0 Å². The van der Waals surface area contributed by atoms with Gasteiger partial charge in [0.25, 0.3) is 0 Å². The molecule has 1 rings (SSSR count). The summed E-state index contributed by atoms with van der Waals surface area (Å²) in [5.74, 6) is -0.308. The highest BCUT2D eigenvalue weighted by Crippen LogP contribution is 2.46. The third kappa shape index (κ3) is 20.8. The Labute approximate surface area is 374 Å². The highest BCUT2D eigenvalue weighted by atomic mass is 32.1. The summed E-state index contributed by atoms with van der Waals surface area (Å²) < 4.78 is 48.9. The number of hydrogen-bond acceptors (Lipinski definition) is 9. The molecule has 1 fully saturated rings. The van der Waals surface area contributed by atoms with E-state index in [0.717, 1.165) is 32.1 Å². The zero-order valence-corrected chi connectivity index (χ0v) is 44.9. The number of carbonyl (C=O) groups is 1. The maximum atomic E-state index is 12.7. The van der Waals surface area contributed by atoms with Crippen LogP contribution < -0.4 is 0 Å². The predicted molar refractivity (Wildman–Crippen MR) is 260 cm³/mol. The first-order valence-electron chi connectivity index (χ1n) is 23.9. The van der Waals surface area contributed by atoms with Gasteiger partial charge in [0, 0.05) is 14.2 Å². The number of rotatable bonds is 28. The van der Waals surface area contributed by atoms with Crippen molar-refractivity contribution in [3.8, 4) is 0 Å². The van der Waals surface area contributed by atoms with Crippen molar-refractivity contribution >= 4 is 48.0 Å². The third-order valence-corrected chi connectivity index (χ3v) is 26.9. The van der Waals surface area contributed by atoms with E-state index >= 15 is 0 Å². The Morgan fingerprint density at radius 2 is 1.14 bits per heavy atom. The lowest BCUT2D eigenvalue weighted by Crippen LogP contribution is -2.68. The molecule has 0 radical (unpaired) electrons. The molecule has 0 saturated carbocycles. The molecule has 0 bridgehead atoms. The number of esters is 1. The number of allylic oxidation sites excluding steroid dienone is 2. The molecule has 0 spiro atoms. The van der Waals surface area contributed by atoms with Crippen LogP contribution in [0.3, 0.4) is 0 Å². The lowest BCUT2D eigenvalue weighted by Gasteiger charge is -2.54. The smallest absolute Gasteiger partial charge is 0.305 e. The summed E-state index contributed by atoms with van der Waals surface area (Å²) in [6.45, 7) is 35.3. The molecule has 1 heterocycles. The van der Waals surface area contributed by atoms with E-state index in [2.05, 4.69) is 121 Å². The predicted octanol–water partition coefficient (Wildman–Crippen LogP) is 13.6. The van der Waals surface area contributed by atoms with Gasteiger partial charge in [0.15, 0.2) is 31.2 Å². The summed E-state index contributed by atoms with van der Waals surface area (Å²) >= 11 is 5.67. The summed E-state index contributed by atoms with van der Waals surface area (Å²) in [5, 5.41) is 10.8. The molecule has 0 aromatic heterocycles. The highest BCUT2D eigenvalue weighted by molar-refractivity contribution is 7.80. The van der Waals surface area contributed by atoms with E-state index in [1.54, 1.807) is 0 Å². The van der Waals surface area contributed by atoms with Crippen LogP contribution in [0.15, 0.2) is 12.2 Å². The van der Waals surface area contributed by atoms with E-state index in [0.29, 0.717) is 17.7 Å². The zero-order valence-electron chi connectivity index (χ0n) is 42.1. The molecule has 2 unspecified atom stereocenters. The van der Waals surface area contributed by atoms with Crippen LogP contribution in [0.5, 0.6) is 0 Å². The number of aliphatic hydroxyl groups excluding tert-OH is 1. The zero-order chi connectivity index (χ0) is 46.0. The van der Waals surface area contributed by atoms with Gasteiger partial charge in [0.05, 0.1) is 18.8 Å². The van der Waals surface area contributed by atoms with Gasteiger partial charge in [0.1, 0.15) is 24.9 Å². The molecule has 0 aliphatic carbocycles. The average molecular weight is 905 g/mol. The number of ether oxygens (including phenoxy) is 3. The van der Waals surface area contributed by atoms with Gasteiger partial charge in [-0.15, -0.1) is 0 Å². The van der Waals surface area contributed by atoms with Crippen LogP contribution in [0.2, 0.25) is 54.4 Å². The Morgan fingerprint density at radius 1 is 0.695 bits per heavy atom. The number of hydrogen-bond donors (Lipinski definition) is 1. The normalized spacial score (nSPS) is 22.1. The summed E-state index contributed by atoms with van der Waals surface area (Å²) in [6, 6.07) is 0. The van der Waals surface area contributed by atoms with Gasteiger partial charge >= 0.3 is 5.97 Å². The lowest BCUT2D eigenvalue weighted by molar-refractivity contribution is -0.290. The average Bonchev–Trinajstić information content (AvgIpc) is 3.12. The van der Waals surface area contributed by atoms with E-state index in [4.69, 9.17) is 41.1 Å². The van der Waals surface area contributed by atoms with Crippen molar-refractivity contribution in [1.82, 2.24) is 0 Å². The molecular weight excluding hydrogens is 809 g/mol. The number of unbranched alkanes of at least 4 members (excludes halogenated alkanes) is 11. The number of thiocarbonyl (C=S) groups is 1. The van der Waals surface area contributed by atoms with Gasteiger partial charge in [-0.1, -0.05) is 145 Å². The molecule has 0 amide bonds. The van der Waals surface area contributed by atoms with Crippen molar-refractivity contribution in [2.75, 3.05) is 13.2 Å². The van der Waals surface area contributed by atoms with Crippen molar-refractivity contribution in [2.24, 2.45) is 0 Å². The minimum absolute atomic E-state index is 0.00767. The first kappa shape index (κ1) is 54.8. The van der Waals surface area contributed by atoms with Crippen molar-refractivity contribution in [3.05, 3.63) is 12.2 Å². The van der Waals surface area contributed by atoms with E-state index in [9.17, 15) is 9.90 Å². The minimum Gasteiger partial charge on any atom is -0.463 e. The fraction of sp³-hybridized carbons (Fsp3) is 0.915. The van der Waals surface area contributed by atoms with Crippen molar-refractivity contribution < 1.29 is 38.8 Å². The SMILES string of the molecule is [2H]CC(=S)C[C@H]1OC(OCC(O)COC(=O)CCCCCCC/C=C\CCCCCCCC)[C@H](O[Si](C)(C)C(C)(C)C)[C@@H](O[Si](C)(C)C(C)(C)C)[C@@H]1O[Si](C)(C)C(C)(C)C. The van der Waals surface area contributed by atoms with Gasteiger partial charge < -0.3 is 32.6 Å². The Balaban J connectivity index is 3.07. The van der Waals surface area contributed by atoms with Gasteiger partial charge in [-0.25, -0.2) is 0 Å². The summed E-state index contributed by atoms with van der Waals surface area (Å²) in [7, 11) is -7.32. The van der Waals surface area contributed by atoms with E-state index in [1.807, 2.05) is 0 Å². The second kappa shape index (κ2) is 25.9. The molecule has 1 aliphatic rings. The molecule has 59 heavy (non-hydrogen) atoms. The molecule has 1 saturated heterocycles. The van der Waals surface area contributed by atoms with Crippen LogP contribution in [-0.2, 0) is 32.3 Å². The molecule has 12 heteroatoms. The van der Waals surface area contributed by atoms with Crippen LogP contribution in [-0.4, -0.2) is 90.9 Å². The maximum absolute atomic E-state index is 12.7. The summed E-state index contributed by atoms with van der Waals surface area (Å²) in [6.07, 6.45) is 16.6. The topological polar surface area (TPSA) is 92.7 Å². The minimum atomic E-state index is -2.47. The second-order valence-electron chi connectivity index (χ2n) is 21.8. The molecular formula is C47H94O8SSi3. The quantitative estimate of drug-likeness (QED) is 0.0271. The van der Waals surface area contributed by atoms with Gasteiger partial charge in [0.2, 0.25) is 0 Å². The Hall–Kier alpha value is -0.289. The molecule has 0 aromatic carbocycles. The van der Waals surface area contributed by atoms with E-state index < -0.39 is 61.8 Å². The largest absolute Gasteiger partial charge is 0.463 e. The highest BCUT2D eigenvalue weighted by Gasteiger charge is 2.56. The molecule has 0 aromatic rings. The number of carbonyl (C=O) groups excluding carboxylic acids is 1. The monoisotopic (exact) mass is 904 g/mol. The standard InChI is InChI=1S/C47H94O8SSi3/c1-18-19-20-21-22-23-24-25-26-27-28-29-30-31-32-33-40(49)50-35-38(48)36-51-44-43(55-59(16,17)47(9,10)11)42(54-58(14,15)46(6,7)8)41(39(52-44)34-37(2)56)53-57(12,13)45(3,4)5/h25-26,38-39,41-44,48H,18-24,27-36H2,1-17H3/b26-25-/t38?,39-,41-,42+,43-,44?/m1/s1/i2D. The van der Waals surface area contributed by atoms with Gasteiger partial charge in [-0.05, 0) is 98.3 Å². The summed E-state index contributed by atoms with van der Waals surface area (Å²) in [4.78, 5) is 13.2. The molecule has 6 atom stereocenters. The van der Waals surface area contributed by atoms with Crippen LogP contribution in [0.4, 0.5) is 0 Å². The fourth-order valence-corrected chi connectivity index (χ4v) is 10.3. The van der Waals surface area contributed by atoms with Gasteiger partial charge in [-0.3, -0.25) is 4.79 Å². The first-order chi connectivity index (χ1) is 27.6. The summed E-state index contributed by atoms with van der Waals surface area (Å²) in [5.41, 5.74) is 0. The Kier molecular flexibility index (Phi) is 24.0. The van der Waals surface area contributed by atoms with Crippen molar-refractivity contribution in [2.45, 2.75) is 264 Å². The van der Waals surface area contributed by atoms with E-state index in [-0.39, 0.29) is 41.2 Å². The second-order valence-corrected chi connectivity index (χ2v) is 36.7. The Morgan fingerprint density at radius 3 is 1.61 bits per heavy atom. The fourth-order valence-electron chi connectivity index (χ4n) is 6.21. The molecule has 1 N–H and O–H groups in total. The van der Waals surface area contributed by atoms with Crippen LogP contribution in [0, 0.1) is 0 Å². The first-order valence-corrected chi connectivity index (χ1v) is 32.3.